The van der Waals surface area contributed by atoms with Gasteiger partial charge in [-0.3, -0.25) is 4.90 Å². The molecule has 2 aromatic rings. The molecule has 21 heavy (non-hydrogen) atoms. The van der Waals surface area contributed by atoms with Crippen LogP contribution in [0.15, 0.2) is 48.5 Å². The van der Waals surface area contributed by atoms with Gasteiger partial charge in [0, 0.05) is 25.2 Å². The van der Waals surface area contributed by atoms with Gasteiger partial charge in [-0.1, -0.05) is 42.5 Å². The third-order valence-corrected chi connectivity index (χ3v) is 3.79. The minimum atomic E-state index is -2.78. The first-order valence-electron chi connectivity index (χ1n) is 7.04. The normalized spacial score (nSPS) is 15.0. The smallest absolute Gasteiger partial charge is 0.387 e. The molecule has 0 saturated heterocycles. The third-order valence-electron chi connectivity index (χ3n) is 3.79. The number of rotatable bonds is 4. The maximum atomic E-state index is 12.4. The minimum absolute atomic E-state index is 0.270. The van der Waals surface area contributed by atoms with Gasteiger partial charge >= 0.3 is 6.61 Å². The molecule has 0 spiro atoms. The van der Waals surface area contributed by atoms with Crippen LogP contribution in [0.2, 0.25) is 0 Å². The molecule has 4 heteroatoms. The first kappa shape index (κ1) is 14.0. The molecular formula is C17H17F2NO. The number of alkyl halides is 2. The summed E-state index contributed by atoms with van der Waals surface area (Å²) in [6.07, 6.45) is 0.994. The Bertz CT molecular complexity index is 615. The lowest BCUT2D eigenvalue weighted by Crippen LogP contribution is -2.30. The van der Waals surface area contributed by atoms with Crippen LogP contribution in [0.25, 0.3) is 0 Å². The Morgan fingerprint density at radius 3 is 2.52 bits per heavy atom. The van der Waals surface area contributed by atoms with E-state index < -0.39 is 6.61 Å². The molecule has 1 heterocycles. The molecule has 2 nitrogen and oxygen atoms in total. The van der Waals surface area contributed by atoms with E-state index in [4.69, 9.17) is 0 Å². The van der Waals surface area contributed by atoms with Crippen molar-refractivity contribution in [1.82, 2.24) is 4.90 Å². The lowest BCUT2D eigenvalue weighted by atomic mass is 9.99. The molecule has 0 unspecified atom stereocenters. The van der Waals surface area contributed by atoms with Crippen LogP contribution >= 0.6 is 0 Å². The number of fused-ring (bicyclic) bond motifs is 1. The molecule has 2 aromatic carbocycles. The number of nitrogens with zero attached hydrogens (tertiary/aromatic N) is 1. The quantitative estimate of drug-likeness (QED) is 0.847. The van der Waals surface area contributed by atoms with Crippen LogP contribution < -0.4 is 4.74 Å². The zero-order chi connectivity index (χ0) is 14.7. The summed E-state index contributed by atoms with van der Waals surface area (Å²) in [5.41, 5.74) is 3.50. The number of ether oxygens (including phenoxy) is 1. The van der Waals surface area contributed by atoms with Gasteiger partial charge in [0.15, 0.2) is 0 Å². The van der Waals surface area contributed by atoms with Crippen molar-refractivity contribution < 1.29 is 13.5 Å². The summed E-state index contributed by atoms with van der Waals surface area (Å²) in [7, 11) is 0. The van der Waals surface area contributed by atoms with Gasteiger partial charge in [-0.15, -0.1) is 0 Å². The van der Waals surface area contributed by atoms with Crippen molar-refractivity contribution >= 4 is 0 Å². The predicted octanol–water partition coefficient (Wildman–Crippen LogP) is 3.85. The van der Waals surface area contributed by atoms with Crippen LogP contribution in [0.5, 0.6) is 5.75 Å². The number of para-hydroxylation sites is 1. The third kappa shape index (κ3) is 3.39. The monoisotopic (exact) mass is 289 g/mol. The molecule has 0 aromatic heterocycles. The number of hydrogen-bond donors (Lipinski definition) is 0. The maximum Gasteiger partial charge on any atom is 0.387 e. The molecular weight excluding hydrogens is 272 g/mol. The summed E-state index contributed by atoms with van der Waals surface area (Å²) < 4.78 is 29.5. The van der Waals surface area contributed by atoms with Gasteiger partial charge in [0.25, 0.3) is 0 Å². The highest BCUT2D eigenvalue weighted by atomic mass is 19.3. The summed E-state index contributed by atoms with van der Waals surface area (Å²) in [5, 5.41) is 0. The fourth-order valence-corrected chi connectivity index (χ4v) is 2.78. The first-order valence-corrected chi connectivity index (χ1v) is 7.04. The molecule has 1 aliphatic heterocycles. The SMILES string of the molecule is FC(F)Oc1ccccc1CN1CCc2ccccc2C1. The van der Waals surface area contributed by atoms with Crippen molar-refractivity contribution in [3.63, 3.8) is 0 Å². The molecule has 0 aliphatic carbocycles. The van der Waals surface area contributed by atoms with E-state index in [1.165, 1.54) is 11.1 Å². The molecule has 3 rings (SSSR count). The Morgan fingerprint density at radius 2 is 1.71 bits per heavy atom. The van der Waals surface area contributed by atoms with E-state index in [2.05, 4.69) is 27.8 Å². The Labute approximate surface area is 123 Å². The van der Waals surface area contributed by atoms with E-state index in [1.807, 2.05) is 18.2 Å². The average molecular weight is 289 g/mol. The summed E-state index contributed by atoms with van der Waals surface area (Å²) >= 11 is 0. The Hall–Kier alpha value is -1.94. The van der Waals surface area contributed by atoms with Crippen LogP contribution in [-0.4, -0.2) is 18.1 Å². The van der Waals surface area contributed by atoms with Crippen molar-refractivity contribution in [1.29, 1.82) is 0 Å². The van der Waals surface area contributed by atoms with Crippen LogP contribution in [-0.2, 0) is 19.5 Å². The lowest BCUT2D eigenvalue weighted by molar-refractivity contribution is -0.0508. The van der Waals surface area contributed by atoms with Crippen molar-refractivity contribution in [2.24, 2.45) is 0 Å². The van der Waals surface area contributed by atoms with Crippen molar-refractivity contribution in [3.05, 3.63) is 65.2 Å². The standard InChI is InChI=1S/C17H17F2NO/c18-17(19)21-16-8-4-3-7-15(16)12-20-10-9-13-5-1-2-6-14(13)11-20/h1-8,17H,9-12H2. The molecule has 0 fully saturated rings. The maximum absolute atomic E-state index is 12.4. The van der Waals surface area contributed by atoms with Gasteiger partial charge in [0.2, 0.25) is 0 Å². The fraction of sp³-hybridized carbons (Fsp3) is 0.294. The summed E-state index contributed by atoms with van der Waals surface area (Å²) in [6.45, 7) is -0.385. The zero-order valence-corrected chi connectivity index (χ0v) is 11.6. The van der Waals surface area contributed by atoms with Crippen LogP contribution in [0, 0.1) is 0 Å². The highest BCUT2D eigenvalue weighted by molar-refractivity contribution is 5.34. The Balaban J connectivity index is 1.73. The Morgan fingerprint density at radius 1 is 1.00 bits per heavy atom. The van der Waals surface area contributed by atoms with E-state index in [0.717, 1.165) is 25.1 Å². The fourth-order valence-electron chi connectivity index (χ4n) is 2.78. The number of halogens is 2. The predicted molar refractivity (Wildman–Crippen MR) is 77.3 cm³/mol. The largest absolute Gasteiger partial charge is 0.434 e. The van der Waals surface area contributed by atoms with Crippen molar-refractivity contribution in [2.45, 2.75) is 26.1 Å². The molecule has 1 aliphatic rings. The second-order valence-corrected chi connectivity index (χ2v) is 5.22. The molecule has 0 N–H and O–H groups in total. The molecule has 0 bridgehead atoms. The van der Waals surface area contributed by atoms with Crippen molar-refractivity contribution in [3.8, 4) is 5.75 Å². The molecule has 0 amide bonds. The lowest BCUT2D eigenvalue weighted by Gasteiger charge is -2.29. The topological polar surface area (TPSA) is 12.5 Å². The number of benzene rings is 2. The van der Waals surface area contributed by atoms with Gasteiger partial charge in [0.1, 0.15) is 5.75 Å². The average Bonchev–Trinajstić information content (AvgIpc) is 2.49. The van der Waals surface area contributed by atoms with Crippen LogP contribution in [0.1, 0.15) is 16.7 Å². The highest BCUT2D eigenvalue weighted by Crippen LogP contribution is 2.25. The van der Waals surface area contributed by atoms with E-state index in [1.54, 1.807) is 12.1 Å². The molecule has 0 atom stereocenters. The zero-order valence-electron chi connectivity index (χ0n) is 11.6. The van der Waals surface area contributed by atoms with E-state index in [9.17, 15) is 8.78 Å². The van der Waals surface area contributed by atoms with Gasteiger partial charge in [-0.2, -0.15) is 8.78 Å². The van der Waals surface area contributed by atoms with Crippen LogP contribution in [0.4, 0.5) is 8.78 Å². The van der Waals surface area contributed by atoms with E-state index in [-0.39, 0.29) is 5.75 Å². The highest BCUT2D eigenvalue weighted by Gasteiger charge is 2.18. The van der Waals surface area contributed by atoms with Gasteiger partial charge < -0.3 is 4.74 Å². The summed E-state index contributed by atoms with van der Waals surface area (Å²) in [4.78, 5) is 2.26. The first-order chi connectivity index (χ1) is 10.2. The van der Waals surface area contributed by atoms with Gasteiger partial charge in [0.05, 0.1) is 0 Å². The van der Waals surface area contributed by atoms with Crippen LogP contribution in [0.3, 0.4) is 0 Å². The van der Waals surface area contributed by atoms with E-state index >= 15 is 0 Å². The second kappa shape index (κ2) is 6.22. The van der Waals surface area contributed by atoms with E-state index in [0.29, 0.717) is 6.54 Å². The minimum Gasteiger partial charge on any atom is -0.434 e. The molecule has 0 radical (unpaired) electrons. The van der Waals surface area contributed by atoms with Gasteiger partial charge in [-0.05, 0) is 23.6 Å². The van der Waals surface area contributed by atoms with Crippen molar-refractivity contribution in [2.75, 3.05) is 6.54 Å². The van der Waals surface area contributed by atoms with Gasteiger partial charge in [-0.25, -0.2) is 0 Å². The molecule has 110 valence electrons. The summed E-state index contributed by atoms with van der Waals surface area (Å²) in [6, 6.07) is 15.4. The Kier molecular flexibility index (Phi) is 4.15. The number of hydrogen-bond acceptors (Lipinski definition) is 2. The second-order valence-electron chi connectivity index (χ2n) is 5.22. The summed E-state index contributed by atoms with van der Waals surface area (Å²) in [5.74, 6) is 0.270. The molecule has 0 saturated carbocycles.